The van der Waals surface area contributed by atoms with Crippen molar-refractivity contribution in [1.29, 1.82) is 0 Å². The minimum Gasteiger partial charge on any atom is -0.371 e. The van der Waals surface area contributed by atoms with Crippen LogP contribution in [0.15, 0.2) is 0 Å². The summed E-state index contributed by atoms with van der Waals surface area (Å²) >= 11 is 3.72. The molecule has 18 heavy (non-hydrogen) atoms. The van der Waals surface area contributed by atoms with Gasteiger partial charge in [-0.15, -0.1) is 0 Å². The van der Waals surface area contributed by atoms with Crippen molar-refractivity contribution in [2.24, 2.45) is 11.3 Å². The third kappa shape index (κ3) is 3.50. The quantitative estimate of drug-likeness (QED) is 0.641. The lowest BCUT2D eigenvalue weighted by Crippen LogP contribution is -2.43. The topological polar surface area (TPSA) is 9.23 Å². The predicted octanol–water partition coefficient (Wildman–Crippen LogP) is 5.32. The number of hydrogen-bond donors (Lipinski definition) is 0. The minimum absolute atomic E-state index is 0.150. The monoisotopic (exact) mass is 316 g/mol. The molecule has 2 aliphatic rings. The summed E-state index contributed by atoms with van der Waals surface area (Å²) in [6.07, 6.45) is 11.0. The summed E-state index contributed by atoms with van der Waals surface area (Å²) in [4.78, 5) is 0. The number of alkyl halides is 1. The molecule has 0 saturated heterocycles. The van der Waals surface area contributed by atoms with Gasteiger partial charge in [0.25, 0.3) is 0 Å². The van der Waals surface area contributed by atoms with E-state index in [0.717, 1.165) is 11.2 Å². The fourth-order valence-electron chi connectivity index (χ4n) is 3.65. The van der Waals surface area contributed by atoms with Crippen molar-refractivity contribution in [2.75, 3.05) is 5.33 Å². The van der Waals surface area contributed by atoms with E-state index < -0.39 is 0 Å². The Kier molecular flexibility index (Phi) is 4.80. The zero-order valence-electron chi connectivity index (χ0n) is 12.3. The van der Waals surface area contributed by atoms with Crippen LogP contribution in [0.4, 0.5) is 0 Å². The van der Waals surface area contributed by atoms with E-state index >= 15 is 0 Å². The minimum atomic E-state index is 0.150. The summed E-state index contributed by atoms with van der Waals surface area (Å²) in [6, 6.07) is 0. The SMILES string of the molecule is CC(C)(C)C1CCC(CBr)(OC2CCCC2)CC1. The van der Waals surface area contributed by atoms with Crippen LogP contribution in [0.5, 0.6) is 0 Å². The van der Waals surface area contributed by atoms with E-state index in [1.165, 1.54) is 51.4 Å². The summed E-state index contributed by atoms with van der Waals surface area (Å²) in [7, 11) is 0. The number of hydrogen-bond acceptors (Lipinski definition) is 1. The molecule has 0 heterocycles. The van der Waals surface area contributed by atoms with Crippen molar-refractivity contribution in [2.45, 2.75) is 83.8 Å². The molecule has 0 aromatic heterocycles. The molecule has 1 nitrogen and oxygen atoms in total. The van der Waals surface area contributed by atoms with Crippen LogP contribution in [0, 0.1) is 11.3 Å². The van der Waals surface area contributed by atoms with Gasteiger partial charge in [0, 0.05) is 5.33 Å². The third-order valence-corrected chi connectivity index (χ3v) is 6.11. The Labute approximate surface area is 121 Å². The molecule has 2 rings (SSSR count). The van der Waals surface area contributed by atoms with E-state index in [1.807, 2.05) is 0 Å². The molecular formula is C16H29BrO. The van der Waals surface area contributed by atoms with E-state index in [-0.39, 0.29) is 5.60 Å². The Morgan fingerprint density at radius 2 is 1.61 bits per heavy atom. The summed E-state index contributed by atoms with van der Waals surface area (Å²) < 4.78 is 6.50. The van der Waals surface area contributed by atoms with Crippen molar-refractivity contribution in [3.05, 3.63) is 0 Å². The fraction of sp³-hybridized carbons (Fsp3) is 1.00. The van der Waals surface area contributed by atoms with Crippen LogP contribution in [0.1, 0.15) is 72.1 Å². The second kappa shape index (κ2) is 5.83. The van der Waals surface area contributed by atoms with Gasteiger partial charge in [0.1, 0.15) is 0 Å². The highest BCUT2D eigenvalue weighted by Crippen LogP contribution is 2.44. The van der Waals surface area contributed by atoms with E-state index in [1.54, 1.807) is 0 Å². The molecule has 2 heteroatoms. The van der Waals surface area contributed by atoms with Gasteiger partial charge in [-0.25, -0.2) is 0 Å². The lowest BCUT2D eigenvalue weighted by atomic mass is 9.69. The maximum absolute atomic E-state index is 6.50. The Hall–Kier alpha value is 0.440. The van der Waals surface area contributed by atoms with Gasteiger partial charge in [0.15, 0.2) is 0 Å². The zero-order valence-corrected chi connectivity index (χ0v) is 13.9. The van der Waals surface area contributed by atoms with Crippen LogP contribution in [0.25, 0.3) is 0 Å². The molecule has 0 radical (unpaired) electrons. The van der Waals surface area contributed by atoms with Crippen LogP contribution >= 0.6 is 15.9 Å². The second-order valence-electron chi connectivity index (χ2n) is 7.48. The Bertz CT molecular complexity index is 255. The first-order chi connectivity index (χ1) is 8.45. The molecule has 0 aliphatic heterocycles. The summed E-state index contributed by atoms with van der Waals surface area (Å²) in [5.41, 5.74) is 0.614. The first kappa shape index (κ1) is 14.8. The normalized spacial score (nSPS) is 35.0. The Morgan fingerprint density at radius 1 is 1.06 bits per heavy atom. The van der Waals surface area contributed by atoms with Crippen molar-refractivity contribution in [3.8, 4) is 0 Å². The largest absolute Gasteiger partial charge is 0.371 e. The van der Waals surface area contributed by atoms with Crippen molar-refractivity contribution in [3.63, 3.8) is 0 Å². The van der Waals surface area contributed by atoms with Crippen LogP contribution in [0.2, 0.25) is 0 Å². The molecule has 106 valence electrons. The van der Waals surface area contributed by atoms with E-state index in [2.05, 4.69) is 36.7 Å². The molecule has 0 amide bonds. The smallest absolute Gasteiger partial charge is 0.0782 e. The van der Waals surface area contributed by atoms with Crippen molar-refractivity contribution < 1.29 is 4.74 Å². The van der Waals surface area contributed by atoms with E-state index in [9.17, 15) is 0 Å². The molecule has 0 aromatic carbocycles. The fourth-order valence-corrected chi connectivity index (χ4v) is 4.35. The molecular weight excluding hydrogens is 288 g/mol. The maximum Gasteiger partial charge on any atom is 0.0782 e. The van der Waals surface area contributed by atoms with Crippen LogP contribution < -0.4 is 0 Å². The average molecular weight is 317 g/mol. The van der Waals surface area contributed by atoms with Gasteiger partial charge in [0.2, 0.25) is 0 Å². The van der Waals surface area contributed by atoms with E-state index in [0.29, 0.717) is 11.5 Å². The van der Waals surface area contributed by atoms with Gasteiger partial charge in [-0.3, -0.25) is 0 Å². The first-order valence-corrected chi connectivity index (χ1v) is 8.81. The van der Waals surface area contributed by atoms with E-state index in [4.69, 9.17) is 4.74 Å². The van der Waals surface area contributed by atoms with Crippen molar-refractivity contribution in [1.82, 2.24) is 0 Å². The molecule has 2 fully saturated rings. The third-order valence-electron chi connectivity index (χ3n) is 5.08. The highest BCUT2D eigenvalue weighted by molar-refractivity contribution is 9.09. The predicted molar refractivity (Wildman–Crippen MR) is 81.3 cm³/mol. The molecule has 0 unspecified atom stereocenters. The Morgan fingerprint density at radius 3 is 2.06 bits per heavy atom. The summed E-state index contributed by atoms with van der Waals surface area (Å²) in [5.74, 6) is 0.872. The first-order valence-electron chi connectivity index (χ1n) is 7.69. The highest BCUT2D eigenvalue weighted by atomic mass is 79.9. The zero-order chi connectivity index (χ0) is 13.2. The van der Waals surface area contributed by atoms with Crippen LogP contribution in [-0.2, 0) is 4.74 Å². The standard InChI is InChI=1S/C16H29BrO/c1-15(2,3)13-8-10-16(12-17,11-9-13)18-14-6-4-5-7-14/h13-14H,4-12H2,1-3H3. The molecule has 0 N–H and O–H groups in total. The molecule has 0 bridgehead atoms. The van der Waals surface area contributed by atoms with Gasteiger partial charge in [-0.05, 0) is 49.9 Å². The summed E-state index contributed by atoms with van der Waals surface area (Å²) in [5, 5.41) is 1.02. The van der Waals surface area contributed by atoms with Crippen molar-refractivity contribution >= 4 is 15.9 Å². The lowest BCUT2D eigenvalue weighted by molar-refractivity contribution is -0.107. The Balaban J connectivity index is 1.90. The average Bonchev–Trinajstić information content (AvgIpc) is 2.81. The molecule has 0 aromatic rings. The van der Waals surface area contributed by atoms with Gasteiger partial charge in [0.05, 0.1) is 11.7 Å². The van der Waals surface area contributed by atoms with Gasteiger partial charge in [-0.2, -0.15) is 0 Å². The number of halogens is 1. The molecule has 0 atom stereocenters. The molecule has 2 saturated carbocycles. The molecule has 0 spiro atoms. The lowest BCUT2D eigenvalue weighted by Gasteiger charge is -2.44. The maximum atomic E-state index is 6.50. The van der Waals surface area contributed by atoms with Gasteiger partial charge >= 0.3 is 0 Å². The van der Waals surface area contributed by atoms with Gasteiger partial charge < -0.3 is 4.74 Å². The molecule has 2 aliphatic carbocycles. The highest BCUT2D eigenvalue weighted by Gasteiger charge is 2.40. The summed E-state index contributed by atoms with van der Waals surface area (Å²) in [6.45, 7) is 7.16. The second-order valence-corrected chi connectivity index (χ2v) is 8.04. The number of ether oxygens (including phenoxy) is 1. The van der Waals surface area contributed by atoms with Crippen LogP contribution in [-0.4, -0.2) is 17.0 Å². The number of rotatable bonds is 3. The van der Waals surface area contributed by atoms with Crippen LogP contribution in [0.3, 0.4) is 0 Å². The van der Waals surface area contributed by atoms with Gasteiger partial charge in [-0.1, -0.05) is 49.5 Å².